The van der Waals surface area contributed by atoms with E-state index in [9.17, 15) is 4.79 Å². The highest BCUT2D eigenvalue weighted by atomic mass is 16.5. The van der Waals surface area contributed by atoms with Crippen LogP contribution in [0, 0.1) is 0 Å². The predicted octanol–water partition coefficient (Wildman–Crippen LogP) is 0.723. The Bertz CT molecular complexity index is 378. The van der Waals surface area contributed by atoms with Gasteiger partial charge >= 0.3 is 5.97 Å². The lowest BCUT2D eigenvalue weighted by atomic mass is 10.1. The van der Waals surface area contributed by atoms with Crippen LogP contribution in [0.1, 0.15) is 11.7 Å². The van der Waals surface area contributed by atoms with Gasteiger partial charge in [0, 0.05) is 18.0 Å². The van der Waals surface area contributed by atoms with E-state index in [1.165, 1.54) is 13.5 Å². The summed E-state index contributed by atoms with van der Waals surface area (Å²) in [5, 5.41) is 0. The molecule has 1 aliphatic rings. The van der Waals surface area contributed by atoms with E-state index in [1.54, 1.807) is 18.5 Å². The Hall–Kier alpha value is -1.91. The molecule has 0 unspecified atom stereocenters. The summed E-state index contributed by atoms with van der Waals surface area (Å²) >= 11 is 0. The van der Waals surface area contributed by atoms with Gasteiger partial charge in [0.05, 0.1) is 7.11 Å². The van der Waals surface area contributed by atoms with Crippen LogP contribution in [-0.2, 0) is 14.3 Å². The van der Waals surface area contributed by atoms with E-state index in [0.717, 1.165) is 5.56 Å². The van der Waals surface area contributed by atoms with Gasteiger partial charge in [0.25, 0.3) is 0 Å². The second kappa shape index (κ2) is 4.08. The van der Waals surface area contributed by atoms with Crippen molar-refractivity contribution in [1.29, 1.82) is 0 Å². The maximum Gasteiger partial charge on any atom is 0.334 e. The van der Waals surface area contributed by atoms with Crippen molar-refractivity contribution in [2.45, 2.75) is 12.1 Å². The smallest absolute Gasteiger partial charge is 0.334 e. The summed E-state index contributed by atoms with van der Waals surface area (Å²) in [5.74, 6) is -0.405. The molecular weight excluding hydrogens is 196 g/mol. The summed E-state index contributed by atoms with van der Waals surface area (Å²) in [4.78, 5) is 19.2. The quantitative estimate of drug-likeness (QED) is 0.669. The average Bonchev–Trinajstić information content (AvgIpc) is 2.78. The number of hydrogen-bond acceptors (Lipinski definition) is 5. The molecule has 1 aromatic rings. The largest absolute Gasteiger partial charge is 0.473 e. The Labute approximate surface area is 86.8 Å². The Morgan fingerprint density at radius 2 is 2.47 bits per heavy atom. The molecule has 0 aliphatic carbocycles. The van der Waals surface area contributed by atoms with E-state index >= 15 is 0 Å². The molecule has 2 rings (SSSR count). The molecule has 2 atom stereocenters. The minimum absolute atomic E-state index is 0.405. The van der Waals surface area contributed by atoms with Crippen LogP contribution in [0.15, 0.2) is 29.5 Å². The number of carbonyl (C=O) groups is 1. The highest BCUT2D eigenvalue weighted by Gasteiger charge is 2.34. The monoisotopic (exact) mass is 206 g/mol. The number of pyridine rings is 1. The summed E-state index contributed by atoms with van der Waals surface area (Å²) in [5.41, 5.74) is 0.811. The Morgan fingerprint density at radius 3 is 3.13 bits per heavy atom. The summed E-state index contributed by atoms with van der Waals surface area (Å²) < 4.78 is 9.87. The zero-order valence-corrected chi connectivity index (χ0v) is 8.16. The van der Waals surface area contributed by atoms with Crippen LogP contribution < -0.4 is 0 Å². The van der Waals surface area contributed by atoms with Gasteiger partial charge < -0.3 is 9.47 Å². The van der Waals surface area contributed by atoms with Gasteiger partial charge in [-0.15, -0.1) is 0 Å². The minimum Gasteiger partial charge on any atom is -0.473 e. The Morgan fingerprint density at radius 1 is 1.60 bits per heavy atom. The highest BCUT2D eigenvalue weighted by Crippen LogP contribution is 2.26. The van der Waals surface area contributed by atoms with Crippen LogP contribution >= 0.6 is 0 Å². The minimum atomic E-state index is -0.626. The van der Waals surface area contributed by atoms with Crippen molar-refractivity contribution in [2.75, 3.05) is 7.11 Å². The van der Waals surface area contributed by atoms with Crippen LogP contribution in [0.4, 0.5) is 0 Å². The molecule has 1 aliphatic heterocycles. The van der Waals surface area contributed by atoms with Gasteiger partial charge in [-0.2, -0.15) is 0 Å². The molecule has 0 amide bonds. The van der Waals surface area contributed by atoms with Crippen molar-refractivity contribution in [1.82, 2.24) is 4.98 Å². The summed E-state index contributed by atoms with van der Waals surface area (Å²) in [7, 11) is 1.33. The molecule has 5 heteroatoms. The lowest BCUT2D eigenvalue weighted by Crippen LogP contribution is -2.25. The van der Waals surface area contributed by atoms with Crippen LogP contribution in [0.3, 0.4) is 0 Å². The number of methoxy groups -OCH3 is 1. The van der Waals surface area contributed by atoms with Crippen molar-refractivity contribution < 1.29 is 14.3 Å². The Kier molecular flexibility index (Phi) is 2.62. The van der Waals surface area contributed by atoms with Crippen molar-refractivity contribution in [3.05, 3.63) is 30.1 Å². The third-order valence-corrected chi connectivity index (χ3v) is 2.17. The highest BCUT2D eigenvalue weighted by molar-refractivity contribution is 5.80. The van der Waals surface area contributed by atoms with Crippen LogP contribution in [-0.4, -0.2) is 30.5 Å². The zero-order chi connectivity index (χ0) is 10.7. The molecule has 1 aromatic heterocycles. The molecule has 0 N–H and O–H groups in total. The molecule has 0 radical (unpaired) electrons. The van der Waals surface area contributed by atoms with E-state index in [2.05, 4.69) is 14.7 Å². The van der Waals surface area contributed by atoms with E-state index < -0.39 is 18.1 Å². The Balaban J connectivity index is 2.21. The average molecular weight is 206 g/mol. The van der Waals surface area contributed by atoms with Crippen molar-refractivity contribution in [3.63, 3.8) is 0 Å². The molecule has 78 valence electrons. The number of aliphatic imine (C=N–C) groups is 1. The predicted molar refractivity (Wildman–Crippen MR) is 52.4 cm³/mol. The molecule has 15 heavy (non-hydrogen) atoms. The standard InChI is InChI=1S/C10H10N2O3/c1-14-10(13)8-9(15-6-12-8)7-3-2-4-11-5-7/h2-6,8-9H,1H3/t8-,9-/m0/s1. The maximum absolute atomic E-state index is 11.4. The fourth-order valence-corrected chi connectivity index (χ4v) is 1.43. The number of esters is 1. The number of ether oxygens (including phenoxy) is 2. The van der Waals surface area contributed by atoms with Gasteiger partial charge in [0.1, 0.15) is 0 Å². The second-order valence-electron chi connectivity index (χ2n) is 3.07. The first kappa shape index (κ1) is 9.64. The topological polar surface area (TPSA) is 60.8 Å². The molecule has 0 fully saturated rings. The van der Waals surface area contributed by atoms with Crippen LogP contribution in [0.2, 0.25) is 0 Å². The molecule has 0 saturated heterocycles. The molecular formula is C10H10N2O3. The summed E-state index contributed by atoms with van der Waals surface area (Å²) in [6.45, 7) is 0. The van der Waals surface area contributed by atoms with Gasteiger partial charge in [-0.05, 0) is 6.07 Å². The number of aromatic nitrogens is 1. The normalized spacial score (nSPS) is 23.5. The van der Waals surface area contributed by atoms with E-state index in [4.69, 9.17) is 4.74 Å². The third kappa shape index (κ3) is 1.81. The van der Waals surface area contributed by atoms with E-state index in [0.29, 0.717) is 0 Å². The van der Waals surface area contributed by atoms with Crippen molar-refractivity contribution in [3.8, 4) is 0 Å². The van der Waals surface area contributed by atoms with Crippen LogP contribution in [0.25, 0.3) is 0 Å². The third-order valence-electron chi connectivity index (χ3n) is 2.17. The van der Waals surface area contributed by atoms with E-state index in [1.807, 2.05) is 6.07 Å². The molecule has 0 bridgehead atoms. The first-order valence-corrected chi connectivity index (χ1v) is 4.48. The maximum atomic E-state index is 11.4. The number of rotatable bonds is 2. The molecule has 2 heterocycles. The fourth-order valence-electron chi connectivity index (χ4n) is 1.43. The lowest BCUT2D eigenvalue weighted by molar-refractivity contribution is -0.143. The molecule has 0 spiro atoms. The molecule has 0 aromatic carbocycles. The number of carbonyl (C=O) groups excluding carboxylic acids is 1. The molecule has 5 nitrogen and oxygen atoms in total. The number of hydrogen-bond donors (Lipinski definition) is 0. The second-order valence-corrected chi connectivity index (χ2v) is 3.07. The summed E-state index contributed by atoms with van der Waals surface area (Å²) in [6.07, 6.45) is 4.16. The summed E-state index contributed by atoms with van der Waals surface area (Å²) in [6, 6.07) is 2.99. The number of nitrogens with zero attached hydrogens (tertiary/aromatic N) is 2. The van der Waals surface area contributed by atoms with E-state index in [-0.39, 0.29) is 0 Å². The molecule has 0 saturated carbocycles. The zero-order valence-electron chi connectivity index (χ0n) is 8.16. The van der Waals surface area contributed by atoms with Gasteiger partial charge in [0.15, 0.2) is 18.5 Å². The van der Waals surface area contributed by atoms with Gasteiger partial charge in [-0.25, -0.2) is 9.79 Å². The van der Waals surface area contributed by atoms with Gasteiger partial charge in [-0.1, -0.05) is 6.07 Å². The first-order chi connectivity index (χ1) is 7.33. The fraction of sp³-hybridized carbons (Fsp3) is 0.300. The van der Waals surface area contributed by atoms with Gasteiger partial charge in [0.2, 0.25) is 0 Å². The van der Waals surface area contributed by atoms with Crippen molar-refractivity contribution in [2.24, 2.45) is 4.99 Å². The van der Waals surface area contributed by atoms with Crippen molar-refractivity contribution >= 4 is 12.4 Å². The SMILES string of the molecule is COC(=O)[C@H]1N=CO[C@H]1c1cccnc1. The first-order valence-electron chi connectivity index (χ1n) is 4.48. The van der Waals surface area contributed by atoms with Crippen LogP contribution in [0.5, 0.6) is 0 Å². The lowest BCUT2D eigenvalue weighted by Gasteiger charge is -2.14. The van der Waals surface area contributed by atoms with Gasteiger partial charge in [-0.3, -0.25) is 4.98 Å².